The second-order valence-corrected chi connectivity index (χ2v) is 4.80. The Bertz CT molecular complexity index is 193. The molecule has 3 N–H and O–H groups in total. The first-order valence-corrected chi connectivity index (χ1v) is 6.89. The molecule has 1 unspecified atom stereocenters. The van der Waals surface area contributed by atoms with Crippen LogP contribution in [0.4, 0.5) is 0 Å². The van der Waals surface area contributed by atoms with Gasteiger partial charge in [0, 0.05) is 19.6 Å². The van der Waals surface area contributed by atoms with Crippen molar-refractivity contribution in [3.63, 3.8) is 0 Å². The molecule has 0 saturated carbocycles. The van der Waals surface area contributed by atoms with Gasteiger partial charge in [-0.15, -0.1) is 0 Å². The van der Waals surface area contributed by atoms with E-state index in [0.717, 1.165) is 44.8 Å². The predicted octanol–water partition coefficient (Wildman–Crippen LogP) is -0.111. The minimum atomic E-state index is -0.310. The fourth-order valence-corrected chi connectivity index (χ4v) is 2.16. The van der Waals surface area contributed by atoms with Crippen molar-refractivity contribution in [2.45, 2.75) is 18.9 Å². The number of nitrogens with one attached hydrogen (secondary N) is 1. The van der Waals surface area contributed by atoms with Gasteiger partial charge in [-0.1, -0.05) is 0 Å². The van der Waals surface area contributed by atoms with Gasteiger partial charge in [0.1, 0.15) is 0 Å². The number of thioether (sulfide) groups is 1. The monoisotopic (exact) mass is 231 g/mol. The number of hydrogen-bond donors (Lipinski definition) is 2. The van der Waals surface area contributed by atoms with Gasteiger partial charge in [0.05, 0.1) is 6.04 Å². The highest BCUT2D eigenvalue weighted by Gasteiger charge is 2.20. The first-order valence-electron chi connectivity index (χ1n) is 5.49. The predicted molar refractivity (Wildman–Crippen MR) is 65.0 cm³/mol. The number of carbonyl (C=O) groups is 1. The van der Waals surface area contributed by atoms with Crippen LogP contribution in [-0.4, -0.2) is 55.0 Å². The second kappa shape index (κ2) is 7.09. The van der Waals surface area contributed by atoms with E-state index in [2.05, 4.69) is 5.32 Å². The molecule has 1 aliphatic heterocycles. The number of rotatable bonds is 4. The van der Waals surface area contributed by atoms with Crippen molar-refractivity contribution in [3.05, 3.63) is 0 Å². The number of amides is 1. The van der Waals surface area contributed by atoms with Crippen LogP contribution in [0.15, 0.2) is 0 Å². The van der Waals surface area contributed by atoms with E-state index in [4.69, 9.17) is 5.73 Å². The highest BCUT2D eigenvalue weighted by molar-refractivity contribution is 7.98. The molecular formula is C10H21N3OS. The Morgan fingerprint density at radius 2 is 2.33 bits per heavy atom. The third kappa shape index (κ3) is 4.40. The van der Waals surface area contributed by atoms with Crippen LogP contribution >= 0.6 is 11.8 Å². The van der Waals surface area contributed by atoms with Crippen LogP contribution in [0.2, 0.25) is 0 Å². The summed E-state index contributed by atoms with van der Waals surface area (Å²) in [6.07, 6.45) is 3.85. The molecule has 0 aliphatic carbocycles. The molecule has 1 atom stereocenters. The molecule has 0 aromatic rings. The maximum atomic E-state index is 11.9. The maximum Gasteiger partial charge on any atom is 0.239 e. The standard InChI is InChI=1S/C10H21N3OS/c1-15-8-3-9(11)10(14)13-6-2-4-12-5-7-13/h9,12H,2-8,11H2,1H3. The third-order valence-electron chi connectivity index (χ3n) is 2.60. The Morgan fingerprint density at radius 3 is 3.07 bits per heavy atom. The summed E-state index contributed by atoms with van der Waals surface area (Å²) in [5, 5.41) is 3.28. The second-order valence-electron chi connectivity index (χ2n) is 3.82. The van der Waals surface area contributed by atoms with E-state index in [1.807, 2.05) is 11.2 Å². The quantitative estimate of drug-likeness (QED) is 0.709. The zero-order chi connectivity index (χ0) is 11.1. The van der Waals surface area contributed by atoms with Gasteiger partial charge in [0.2, 0.25) is 5.91 Å². The molecule has 0 radical (unpaired) electrons. The molecule has 1 fully saturated rings. The van der Waals surface area contributed by atoms with E-state index < -0.39 is 0 Å². The molecule has 0 bridgehead atoms. The molecule has 15 heavy (non-hydrogen) atoms. The minimum Gasteiger partial charge on any atom is -0.340 e. The summed E-state index contributed by atoms with van der Waals surface area (Å²) in [5.41, 5.74) is 5.86. The first kappa shape index (κ1) is 12.8. The van der Waals surface area contributed by atoms with E-state index in [1.54, 1.807) is 11.8 Å². The fraction of sp³-hybridized carbons (Fsp3) is 0.900. The fourth-order valence-electron chi connectivity index (χ4n) is 1.67. The lowest BCUT2D eigenvalue weighted by molar-refractivity contribution is -0.132. The van der Waals surface area contributed by atoms with Crippen molar-refractivity contribution >= 4 is 17.7 Å². The van der Waals surface area contributed by atoms with Gasteiger partial charge in [0.25, 0.3) is 0 Å². The zero-order valence-corrected chi connectivity index (χ0v) is 10.2. The molecule has 0 aromatic carbocycles. The normalized spacial score (nSPS) is 19.7. The topological polar surface area (TPSA) is 58.4 Å². The van der Waals surface area contributed by atoms with E-state index in [9.17, 15) is 4.79 Å². The summed E-state index contributed by atoms with van der Waals surface area (Å²) in [7, 11) is 0. The Morgan fingerprint density at radius 1 is 1.53 bits per heavy atom. The summed E-state index contributed by atoms with van der Waals surface area (Å²) in [6, 6.07) is -0.310. The largest absolute Gasteiger partial charge is 0.340 e. The Hall–Kier alpha value is -0.260. The summed E-state index contributed by atoms with van der Waals surface area (Å²) in [5.74, 6) is 1.08. The summed E-state index contributed by atoms with van der Waals surface area (Å²) >= 11 is 1.74. The van der Waals surface area contributed by atoms with E-state index in [0.29, 0.717) is 0 Å². The van der Waals surface area contributed by atoms with Crippen molar-refractivity contribution in [3.8, 4) is 0 Å². The molecule has 1 saturated heterocycles. The van der Waals surface area contributed by atoms with Crippen LogP contribution in [0, 0.1) is 0 Å². The first-order chi connectivity index (χ1) is 7.25. The van der Waals surface area contributed by atoms with E-state index in [1.165, 1.54) is 0 Å². The lowest BCUT2D eigenvalue weighted by Crippen LogP contribution is -2.45. The molecule has 1 amide bonds. The lowest BCUT2D eigenvalue weighted by atomic mass is 10.2. The number of hydrogen-bond acceptors (Lipinski definition) is 4. The van der Waals surface area contributed by atoms with Crippen LogP contribution in [0.1, 0.15) is 12.8 Å². The number of carbonyl (C=O) groups excluding carboxylic acids is 1. The van der Waals surface area contributed by atoms with Crippen LogP contribution in [0.5, 0.6) is 0 Å². The Labute approximate surface area is 96.0 Å². The molecule has 0 spiro atoms. The smallest absolute Gasteiger partial charge is 0.239 e. The number of nitrogens with zero attached hydrogens (tertiary/aromatic N) is 1. The molecule has 1 aliphatic rings. The van der Waals surface area contributed by atoms with Crippen LogP contribution in [-0.2, 0) is 4.79 Å². The van der Waals surface area contributed by atoms with Gasteiger partial charge in [-0.3, -0.25) is 4.79 Å². The van der Waals surface area contributed by atoms with Crippen molar-refractivity contribution in [2.75, 3.05) is 38.2 Å². The average molecular weight is 231 g/mol. The van der Waals surface area contributed by atoms with E-state index in [-0.39, 0.29) is 11.9 Å². The molecule has 88 valence electrons. The van der Waals surface area contributed by atoms with Gasteiger partial charge in [-0.05, 0) is 31.4 Å². The van der Waals surface area contributed by atoms with Gasteiger partial charge >= 0.3 is 0 Å². The van der Waals surface area contributed by atoms with Gasteiger partial charge in [0.15, 0.2) is 0 Å². The van der Waals surface area contributed by atoms with Crippen molar-refractivity contribution in [1.82, 2.24) is 10.2 Å². The summed E-state index contributed by atoms with van der Waals surface area (Å²) < 4.78 is 0. The average Bonchev–Trinajstić information content (AvgIpc) is 2.53. The maximum absolute atomic E-state index is 11.9. The van der Waals surface area contributed by atoms with Crippen LogP contribution in [0.25, 0.3) is 0 Å². The highest BCUT2D eigenvalue weighted by atomic mass is 32.2. The van der Waals surface area contributed by atoms with Crippen LogP contribution in [0.3, 0.4) is 0 Å². The third-order valence-corrected chi connectivity index (χ3v) is 3.25. The molecule has 4 nitrogen and oxygen atoms in total. The molecule has 1 heterocycles. The molecular weight excluding hydrogens is 210 g/mol. The number of nitrogens with two attached hydrogens (primary N) is 1. The van der Waals surface area contributed by atoms with Gasteiger partial charge in [-0.25, -0.2) is 0 Å². The minimum absolute atomic E-state index is 0.118. The van der Waals surface area contributed by atoms with Gasteiger partial charge in [-0.2, -0.15) is 11.8 Å². The summed E-state index contributed by atoms with van der Waals surface area (Å²) in [4.78, 5) is 13.8. The zero-order valence-electron chi connectivity index (χ0n) is 9.37. The Kier molecular flexibility index (Phi) is 6.05. The summed E-state index contributed by atoms with van der Waals surface area (Å²) in [6.45, 7) is 3.54. The van der Waals surface area contributed by atoms with Crippen molar-refractivity contribution in [1.29, 1.82) is 0 Å². The highest BCUT2D eigenvalue weighted by Crippen LogP contribution is 2.04. The van der Waals surface area contributed by atoms with Crippen LogP contribution < -0.4 is 11.1 Å². The molecule has 5 heteroatoms. The molecule has 0 aromatic heterocycles. The van der Waals surface area contributed by atoms with Crippen molar-refractivity contribution < 1.29 is 4.79 Å². The van der Waals surface area contributed by atoms with E-state index >= 15 is 0 Å². The van der Waals surface area contributed by atoms with Gasteiger partial charge < -0.3 is 16.0 Å². The lowest BCUT2D eigenvalue weighted by Gasteiger charge is -2.23. The Balaban J connectivity index is 2.35. The van der Waals surface area contributed by atoms with Crippen molar-refractivity contribution in [2.24, 2.45) is 5.73 Å². The SMILES string of the molecule is CSCCC(N)C(=O)N1CCCNCC1. The molecule has 1 rings (SSSR count).